The molecule has 0 saturated carbocycles. The van der Waals surface area contributed by atoms with Crippen LogP contribution in [0.2, 0.25) is 0 Å². The van der Waals surface area contributed by atoms with Crippen molar-refractivity contribution in [3.8, 4) is 5.88 Å². The van der Waals surface area contributed by atoms with Gasteiger partial charge in [0.1, 0.15) is 16.9 Å². The van der Waals surface area contributed by atoms with Crippen LogP contribution < -0.4 is 4.74 Å². The molecule has 0 radical (unpaired) electrons. The lowest BCUT2D eigenvalue weighted by atomic mass is 10.1. The number of benzene rings is 1. The van der Waals surface area contributed by atoms with E-state index in [0.717, 1.165) is 22.3 Å². The molecule has 0 amide bonds. The Bertz CT molecular complexity index is 909. The summed E-state index contributed by atoms with van der Waals surface area (Å²) in [5.41, 5.74) is 4.82. The van der Waals surface area contributed by atoms with Crippen LogP contribution in [0.4, 0.5) is 0 Å². The van der Waals surface area contributed by atoms with Gasteiger partial charge in [-0.15, -0.1) is 0 Å². The second kappa shape index (κ2) is 6.07. The minimum absolute atomic E-state index is 0.0419. The highest BCUT2D eigenvalue weighted by atomic mass is 16.5. The maximum Gasteiger partial charge on any atom is 0.228 e. The topological polar surface area (TPSA) is 52.8 Å². The van der Waals surface area contributed by atoms with E-state index in [9.17, 15) is 0 Å². The molecule has 0 bridgehead atoms. The molecule has 2 heterocycles. The lowest BCUT2D eigenvalue weighted by Crippen LogP contribution is -2.10. The molecule has 0 spiro atoms. The van der Waals surface area contributed by atoms with Crippen molar-refractivity contribution in [2.45, 2.75) is 33.7 Å². The Labute approximate surface area is 142 Å². The van der Waals surface area contributed by atoms with Crippen LogP contribution in [-0.2, 0) is 0 Å². The van der Waals surface area contributed by atoms with Crippen molar-refractivity contribution in [2.24, 2.45) is 0 Å². The molecular formula is C19H22N4O. The number of ether oxygens (including phenoxy) is 1. The van der Waals surface area contributed by atoms with Crippen LogP contribution in [0.25, 0.3) is 16.6 Å². The SMILES string of the molecule is C=C(C)c1nn([C@@H](C)c2ccc(C)cc2)c2nc(C)nc(OC)c12. The number of aromatic nitrogens is 4. The summed E-state index contributed by atoms with van der Waals surface area (Å²) in [6.45, 7) is 12.0. The maximum atomic E-state index is 5.47. The van der Waals surface area contributed by atoms with Gasteiger partial charge in [0.15, 0.2) is 5.65 Å². The van der Waals surface area contributed by atoms with Gasteiger partial charge < -0.3 is 4.74 Å². The summed E-state index contributed by atoms with van der Waals surface area (Å²) in [6, 6.07) is 8.51. The predicted molar refractivity (Wildman–Crippen MR) is 96.3 cm³/mol. The number of methoxy groups -OCH3 is 1. The molecule has 1 aromatic carbocycles. The molecular weight excluding hydrogens is 300 g/mol. The number of allylic oxidation sites excluding steroid dienone is 1. The molecule has 0 N–H and O–H groups in total. The van der Waals surface area contributed by atoms with E-state index in [-0.39, 0.29) is 6.04 Å². The molecule has 0 fully saturated rings. The summed E-state index contributed by atoms with van der Waals surface area (Å²) in [5, 5.41) is 5.59. The van der Waals surface area contributed by atoms with Crippen LogP contribution in [0, 0.1) is 13.8 Å². The molecule has 0 aliphatic carbocycles. The highest BCUT2D eigenvalue weighted by Crippen LogP contribution is 2.32. The molecule has 3 rings (SSSR count). The molecule has 124 valence electrons. The second-order valence-electron chi connectivity index (χ2n) is 6.14. The Kier molecular flexibility index (Phi) is 4.09. The number of hydrogen-bond donors (Lipinski definition) is 0. The van der Waals surface area contributed by atoms with Crippen LogP contribution in [0.3, 0.4) is 0 Å². The normalized spacial score (nSPS) is 12.4. The molecule has 0 unspecified atom stereocenters. The lowest BCUT2D eigenvalue weighted by Gasteiger charge is -2.14. The van der Waals surface area contributed by atoms with Gasteiger partial charge in [0, 0.05) is 0 Å². The van der Waals surface area contributed by atoms with E-state index in [0.29, 0.717) is 11.7 Å². The van der Waals surface area contributed by atoms with Crippen LogP contribution in [0.5, 0.6) is 5.88 Å². The zero-order valence-corrected chi connectivity index (χ0v) is 14.8. The van der Waals surface area contributed by atoms with Gasteiger partial charge >= 0.3 is 0 Å². The molecule has 2 aromatic heterocycles. The number of aryl methyl sites for hydroxylation is 2. The summed E-state index contributed by atoms with van der Waals surface area (Å²) in [5.74, 6) is 1.20. The minimum Gasteiger partial charge on any atom is -0.480 e. The molecule has 0 aliphatic heterocycles. The van der Waals surface area contributed by atoms with Crippen LogP contribution in [0.15, 0.2) is 30.8 Å². The molecule has 0 aliphatic rings. The van der Waals surface area contributed by atoms with E-state index in [2.05, 4.69) is 54.7 Å². The van der Waals surface area contributed by atoms with Crippen molar-refractivity contribution in [1.29, 1.82) is 0 Å². The van der Waals surface area contributed by atoms with E-state index in [4.69, 9.17) is 9.84 Å². The first kappa shape index (κ1) is 16.2. The Morgan fingerprint density at radius 2 is 1.83 bits per heavy atom. The molecule has 3 aromatic rings. The van der Waals surface area contributed by atoms with Crippen molar-refractivity contribution in [2.75, 3.05) is 7.11 Å². The average molecular weight is 322 g/mol. The van der Waals surface area contributed by atoms with Crippen molar-refractivity contribution >= 4 is 16.6 Å². The third kappa shape index (κ3) is 2.66. The number of nitrogens with zero attached hydrogens (tertiary/aromatic N) is 4. The maximum absolute atomic E-state index is 5.47. The average Bonchev–Trinajstić information content (AvgIpc) is 2.93. The first-order chi connectivity index (χ1) is 11.4. The number of hydrogen-bond acceptors (Lipinski definition) is 4. The third-order valence-corrected chi connectivity index (χ3v) is 4.15. The lowest BCUT2D eigenvalue weighted by molar-refractivity contribution is 0.401. The first-order valence-corrected chi connectivity index (χ1v) is 7.95. The van der Waals surface area contributed by atoms with E-state index in [1.165, 1.54) is 11.1 Å². The zero-order valence-electron chi connectivity index (χ0n) is 14.8. The Morgan fingerprint density at radius 1 is 1.17 bits per heavy atom. The summed E-state index contributed by atoms with van der Waals surface area (Å²) < 4.78 is 7.40. The third-order valence-electron chi connectivity index (χ3n) is 4.15. The van der Waals surface area contributed by atoms with Crippen LogP contribution in [-0.4, -0.2) is 26.9 Å². The summed E-state index contributed by atoms with van der Waals surface area (Å²) >= 11 is 0. The highest BCUT2D eigenvalue weighted by molar-refractivity contribution is 5.91. The van der Waals surface area contributed by atoms with Gasteiger partial charge in [-0.3, -0.25) is 0 Å². The Balaban J connectivity index is 2.26. The highest BCUT2D eigenvalue weighted by Gasteiger charge is 2.22. The monoisotopic (exact) mass is 322 g/mol. The predicted octanol–water partition coefficient (Wildman–Crippen LogP) is 4.09. The van der Waals surface area contributed by atoms with E-state index >= 15 is 0 Å². The fourth-order valence-corrected chi connectivity index (χ4v) is 2.81. The smallest absolute Gasteiger partial charge is 0.228 e. The van der Waals surface area contributed by atoms with Crippen LogP contribution in [0.1, 0.15) is 42.5 Å². The van der Waals surface area contributed by atoms with Gasteiger partial charge in [-0.2, -0.15) is 10.1 Å². The van der Waals surface area contributed by atoms with Gasteiger partial charge in [0.25, 0.3) is 0 Å². The van der Waals surface area contributed by atoms with Crippen molar-refractivity contribution in [3.63, 3.8) is 0 Å². The van der Waals surface area contributed by atoms with Gasteiger partial charge in [-0.1, -0.05) is 36.4 Å². The van der Waals surface area contributed by atoms with E-state index in [1.54, 1.807) is 7.11 Å². The van der Waals surface area contributed by atoms with Crippen molar-refractivity contribution in [1.82, 2.24) is 19.7 Å². The standard InChI is InChI=1S/C19H22N4O/c1-11(2)17-16-18(20-14(5)21-19(16)24-6)23(22-17)13(4)15-9-7-12(3)8-10-15/h7-10,13H,1H2,2-6H3/t13-/m0/s1. The van der Waals surface area contributed by atoms with Gasteiger partial charge in [-0.25, -0.2) is 9.67 Å². The Morgan fingerprint density at radius 3 is 2.42 bits per heavy atom. The fourth-order valence-electron chi connectivity index (χ4n) is 2.81. The first-order valence-electron chi connectivity index (χ1n) is 7.95. The molecule has 1 atom stereocenters. The molecule has 24 heavy (non-hydrogen) atoms. The van der Waals surface area contributed by atoms with Gasteiger partial charge in [-0.05, 0) is 38.8 Å². The van der Waals surface area contributed by atoms with E-state index in [1.807, 2.05) is 18.5 Å². The second-order valence-corrected chi connectivity index (χ2v) is 6.14. The Hall–Kier alpha value is -2.69. The summed E-state index contributed by atoms with van der Waals surface area (Å²) in [4.78, 5) is 9.01. The minimum atomic E-state index is 0.0419. The summed E-state index contributed by atoms with van der Waals surface area (Å²) in [6.07, 6.45) is 0. The number of fused-ring (bicyclic) bond motifs is 1. The molecule has 5 nitrogen and oxygen atoms in total. The fraction of sp³-hybridized carbons (Fsp3) is 0.316. The largest absolute Gasteiger partial charge is 0.480 e. The zero-order chi connectivity index (χ0) is 17.4. The molecule has 0 saturated heterocycles. The summed E-state index contributed by atoms with van der Waals surface area (Å²) in [7, 11) is 1.62. The van der Waals surface area contributed by atoms with Crippen molar-refractivity contribution in [3.05, 3.63) is 53.5 Å². The van der Waals surface area contributed by atoms with Gasteiger partial charge in [0.2, 0.25) is 5.88 Å². The number of rotatable bonds is 4. The van der Waals surface area contributed by atoms with Crippen molar-refractivity contribution < 1.29 is 4.74 Å². The quantitative estimate of drug-likeness (QED) is 0.726. The van der Waals surface area contributed by atoms with Gasteiger partial charge in [0.05, 0.1) is 13.2 Å². The van der Waals surface area contributed by atoms with Crippen LogP contribution >= 0.6 is 0 Å². The van der Waals surface area contributed by atoms with E-state index < -0.39 is 0 Å². The molecule has 5 heteroatoms.